The van der Waals surface area contributed by atoms with Crippen molar-refractivity contribution >= 4 is 28.3 Å². The lowest BCUT2D eigenvalue weighted by Crippen LogP contribution is -2.04. The number of para-hydroxylation sites is 1. The maximum Gasteiger partial charge on any atom is 0.174 e. The molecule has 2 aromatic rings. The number of hydrogen-bond donors (Lipinski definition) is 1. The van der Waals surface area contributed by atoms with Crippen molar-refractivity contribution in [2.24, 2.45) is 0 Å². The van der Waals surface area contributed by atoms with E-state index in [1.165, 1.54) is 11.3 Å². The van der Waals surface area contributed by atoms with Crippen molar-refractivity contribution in [1.82, 2.24) is 0 Å². The highest BCUT2D eigenvalue weighted by Gasteiger charge is 2.11. The molecule has 0 atom stereocenters. The average molecular weight is 423 g/mol. The van der Waals surface area contributed by atoms with E-state index in [-0.39, 0.29) is 0 Å². The molecule has 0 aliphatic carbocycles. The number of aryl methyl sites for hydroxylation is 1. The van der Waals surface area contributed by atoms with E-state index in [2.05, 4.69) is 71.7 Å². The normalized spacial score (nSPS) is 10.2. The molecule has 0 fully saturated rings. The zero-order valence-corrected chi connectivity index (χ0v) is 15.7. The SMILES string of the molecule is C=CCOc1c(I)cc(CNc2ccccc2CC)cc1OC. The number of ether oxygens (including phenoxy) is 2. The summed E-state index contributed by atoms with van der Waals surface area (Å²) in [6.45, 7) is 7.05. The van der Waals surface area contributed by atoms with Gasteiger partial charge >= 0.3 is 0 Å². The van der Waals surface area contributed by atoms with Crippen LogP contribution in [-0.4, -0.2) is 13.7 Å². The van der Waals surface area contributed by atoms with Gasteiger partial charge in [0.1, 0.15) is 6.61 Å². The summed E-state index contributed by atoms with van der Waals surface area (Å²) >= 11 is 2.28. The predicted octanol–water partition coefficient (Wildman–Crippen LogP) is 5.04. The highest BCUT2D eigenvalue weighted by Crippen LogP contribution is 2.34. The van der Waals surface area contributed by atoms with Crippen LogP contribution in [0.4, 0.5) is 5.69 Å². The van der Waals surface area contributed by atoms with Crippen LogP contribution in [0.2, 0.25) is 0 Å². The van der Waals surface area contributed by atoms with Crippen LogP contribution in [0.5, 0.6) is 11.5 Å². The standard InChI is InChI=1S/C19H22INO2/c1-4-10-23-19-16(20)11-14(12-18(19)22-3)13-21-17-9-7-6-8-15(17)5-2/h4,6-9,11-12,21H,1,5,10,13H2,2-3H3. The van der Waals surface area contributed by atoms with Gasteiger partial charge in [0.05, 0.1) is 10.7 Å². The number of benzene rings is 2. The lowest BCUT2D eigenvalue weighted by Gasteiger charge is -2.15. The molecule has 122 valence electrons. The third kappa shape index (κ3) is 4.64. The maximum absolute atomic E-state index is 5.69. The Morgan fingerprint density at radius 2 is 2.04 bits per heavy atom. The number of methoxy groups -OCH3 is 1. The van der Waals surface area contributed by atoms with Crippen LogP contribution in [0.15, 0.2) is 49.1 Å². The molecule has 2 aromatic carbocycles. The topological polar surface area (TPSA) is 30.5 Å². The molecule has 0 unspecified atom stereocenters. The Hall–Kier alpha value is -1.69. The summed E-state index contributed by atoms with van der Waals surface area (Å²) in [7, 11) is 1.66. The summed E-state index contributed by atoms with van der Waals surface area (Å²) in [6.07, 6.45) is 2.74. The van der Waals surface area contributed by atoms with Gasteiger partial charge in [0, 0.05) is 12.2 Å². The zero-order valence-electron chi connectivity index (χ0n) is 13.6. The first-order valence-electron chi connectivity index (χ1n) is 7.61. The molecule has 0 aliphatic heterocycles. The van der Waals surface area contributed by atoms with Gasteiger partial charge < -0.3 is 14.8 Å². The van der Waals surface area contributed by atoms with Crippen LogP contribution in [-0.2, 0) is 13.0 Å². The summed E-state index contributed by atoms with van der Waals surface area (Å²) in [6, 6.07) is 12.5. The van der Waals surface area contributed by atoms with Crippen molar-refractivity contribution in [3.8, 4) is 11.5 Å². The highest BCUT2D eigenvalue weighted by atomic mass is 127. The summed E-state index contributed by atoms with van der Waals surface area (Å²) in [5.41, 5.74) is 3.65. The van der Waals surface area contributed by atoms with Gasteiger partial charge in [-0.2, -0.15) is 0 Å². The third-order valence-electron chi connectivity index (χ3n) is 3.52. The molecule has 3 nitrogen and oxygen atoms in total. The molecule has 23 heavy (non-hydrogen) atoms. The first-order valence-corrected chi connectivity index (χ1v) is 8.69. The molecular weight excluding hydrogens is 401 g/mol. The van der Waals surface area contributed by atoms with Crippen molar-refractivity contribution in [3.63, 3.8) is 0 Å². The van der Waals surface area contributed by atoms with Crippen molar-refractivity contribution < 1.29 is 9.47 Å². The quantitative estimate of drug-likeness (QED) is 0.477. The minimum absolute atomic E-state index is 0.466. The van der Waals surface area contributed by atoms with Crippen LogP contribution in [0.25, 0.3) is 0 Å². The number of rotatable bonds is 8. The molecule has 0 radical (unpaired) electrons. The Labute approximate surface area is 151 Å². The molecule has 0 heterocycles. The smallest absolute Gasteiger partial charge is 0.174 e. The van der Waals surface area contributed by atoms with E-state index >= 15 is 0 Å². The first-order chi connectivity index (χ1) is 11.2. The Kier molecular flexibility index (Phi) is 6.77. The fraction of sp³-hybridized carbons (Fsp3) is 0.263. The predicted molar refractivity (Wildman–Crippen MR) is 105 cm³/mol. The Morgan fingerprint density at radius 3 is 2.74 bits per heavy atom. The Balaban J connectivity index is 2.17. The molecule has 0 bridgehead atoms. The number of halogens is 1. The Bertz CT molecular complexity index is 670. The van der Waals surface area contributed by atoms with Crippen LogP contribution < -0.4 is 14.8 Å². The fourth-order valence-electron chi connectivity index (χ4n) is 2.36. The van der Waals surface area contributed by atoms with E-state index in [0.717, 1.165) is 33.6 Å². The lowest BCUT2D eigenvalue weighted by atomic mass is 10.1. The van der Waals surface area contributed by atoms with Gasteiger partial charge in [0.15, 0.2) is 11.5 Å². The van der Waals surface area contributed by atoms with Gasteiger partial charge in [0.25, 0.3) is 0 Å². The van der Waals surface area contributed by atoms with Crippen LogP contribution >= 0.6 is 22.6 Å². The molecule has 0 aliphatic rings. The molecule has 2 rings (SSSR count). The van der Waals surface area contributed by atoms with Crippen LogP contribution in [0.1, 0.15) is 18.1 Å². The van der Waals surface area contributed by atoms with Crippen molar-refractivity contribution in [1.29, 1.82) is 0 Å². The number of anilines is 1. The number of hydrogen-bond acceptors (Lipinski definition) is 3. The monoisotopic (exact) mass is 423 g/mol. The second kappa shape index (κ2) is 8.82. The van der Waals surface area contributed by atoms with Gasteiger partial charge in [-0.05, 0) is 58.3 Å². The van der Waals surface area contributed by atoms with E-state index in [0.29, 0.717) is 6.61 Å². The van der Waals surface area contributed by atoms with E-state index < -0.39 is 0 Å². The van der Waals surface area contributed by atoms with Gasteiger partial charge in [-0.15, -0.1) is 0 Å². The Morgan fingerprint density at radius 1 is 1.26 bits per heavy atom. The molecule has 0 spiro atoms. The molecule has 0 saturated carbocycles. The first kappa shape index (κ1) is 17.7. The van der Waals surface area contributed by atoms with Crippen molar-refractivity contribution in [2.75, 3.05) is 19.0 Å². The average Bonchev–Trinajstić information content (AvgIpc) is 2.58. The van der Waals surface area contributed by atoms with Crippen molar-refractivity contribution in [2.45, 2.75) is 19.9 Å². The van der Waals surface area contributed by atoms with Gasteiger partial charge in [-0.1, -0.05) is 37.8 Å². The van der Waals surface area contributed by atoms with Gasteiger partial charge in [0.2, 0.25) is 0 Å². The lowest BCUT2D eigenvalue weighted by molar-refractivity contribution is 0.324. The highest BCUT2D eigenvalue weighted by molar-refractivity contribution is 14.1. The number of nitrogens with one attached hydrogen (secondary N) is 1. The fourth-order valence-corrected chi connectivity index (χ4v) is 3.18. The molecule has 4 heteroatoms. The van der Waals surface area contributed by atoms with Crippen LogP contribution in [0, 0.1) is 3.57 Å². The summed E-state index contributed by atoms with van der Waals surface area (Å²) in [5, 5.41) is 3.51. The maximum atomic E-state index is 5.69. The summed E-state index contributed by atoms with van der Waals surface area (Å²) < 4.78 is 12.2. The minimum Gasteiger partial charge on any atom is -0.493 e. The van der Waals surface area contributed by atoms with Crippen molar-refractivity contribution in [3.05, 3.63) is 63.8 Å². The largest absolute Gasteiger partial charge is 0.493 e. The summed E-state index contributed by atoms with van der Waals surface area (Å²) in [4.78, 5) is 0. The zero-order chi connectivity index (χ0) is 16.7. The second-order valence-corrected chi connectivity index (χ2v) is 6.24. The van der Waals surface area contributed by atoms with Gasteiger partial charge in [-0.25, -0.2) is 0 Å². The van der Waals surface area contributed by atoms with E-state index in [4.69, 9.17) is 9.47 Å². The molecule has 0 aromatic heterocycles. The summed E-state index contributed by atoms with van der Waals surface area (Å²) in [5.74, 6) is 1.52. The van der Waals surface area contributed by atoms with Gasteiger partial charge in [-0.3, -0.25) is 0 Å². The van der Waals surface area contributed by atoms with E-state index in [9.17, 15) is 0 Å². The molecular formula is C19H22INO2. The minimum atomic E-state index is 0.466. The van der Waals surface area contributed by atoms with E-state index in [1.54, 1.807) is 13.2 Å². The molecule has 0 amide bonds. The second-order valence-electron chi connectivity index (χ2n) is 5.07. The van der Waals surface area contributed by atoms with E-state index in [1.807, 2.05) is 6.07 Å². The van der Waals surface area contributed by atoms with Crippen LogP contribution in [0.3, 0.4) is 0 Å². The third-order valence-corrected chi connectivity index (χ3v) is 4.32. The molecule has 1 N–H and O–H groups in total. The molecule has 0 saturated heterocycles.